The van der Waals surface area contributed by atoms with Crippen LogP contribution in [0.2, 0.25) is 5.02 Å². The molecule has 4 heteroatoms. The average Bonchev–Trinajstić information content (AvgIpc) is 2.50. The van der Waals surface area contributed by atoms with Crippen molar-refractivity contribution in [3.05, 3.63) is 64.7 Å². The summed E-state index contributed by atoms with van der Waals surface area (Å²) < 4.78 is 0. The summed E-state index contributed by atoms with van der Waals surface area (Å²) in [7, 11) is 1.84. The predicted molar refractivity (Wildman–Crippen MR) is 92.2 cm³/mol. The van der Waals surface area contributed by atoms with Crippen molar-refractivity contribution < 1.29 is 4.79 Å². The van der Waals surface area contributed by atoms with E-state index in [0.717, 1.165) is 21.8 Å². The summed E-state index contributed by atoms with van der Waals surface area (Å²) in [6.07, 6.45) is 0.464. The quantitative estimate of drug-likeness (QED) is 0.870. The first-order valence-corrected chi connectivity index (χ1v) is 7.72. The molecule has 0 atom stereocenters. The Kier molecular flexibility index (Phi) is 5.84. The van der Waals surface area contributed by atoms with E-state index in [1.807, 2.05) is 62.5 Å². The lowest BCUT2D eigenvalue weighted by atomic mass is 10.2. The van der Waals surface area contributed by atoms with Gasteiger partial charge in [0.2, 0.25) is 5.91 Å². The molecule has 2 rings (SSSR count). The molecule has 0 saturated heterocycles. The number of anilines is 1. The Morgan fingerprint density at radius 3 is 2.59 bits per heavy atom. The number of carbonyl (C=O) groups excluding carboxylic acids is 1. The maximum absolute atomic E-state index is 12.1. The van der Waals surface area contributed by atoms with E-state index in [1.54, 1.807) is 4.90 Å². The minimum absolute atomic E-state index is 0.128. The molecule has 1 amide bonds. The zero-order valence-electron chi connectivity index (χ0n) is 13.0. The van der Waals surface area contributed by atoms with Crippen molar-refractivity contribution in [1.29, 1.82) is 0 Å². The van der Waals surface area contributed by atoms with Crippen LogP contribution in [0.25, 0.3) is 0 Å². The highest BCUT2D eigenvalue weighted by molar-refractivity contribution is 6.30. The summed E-state index contributed by atoms with van der Waals surface area (Å²) in [5.74, 6) is 0.128. The van der Waals surface area contributed by atoms with Gasteiger partial charge in [-0.15, -0.1) is 0 Å². The van der Waals surface area contributed by atoms with Crippen LogP contribution in [0.3, 0.4) is 0 Å². The molecule has 1 N–H and O–H groups in total. The second kappa shape index (κ2) is 7.85. The van der Waals surface area contributed by atoms with E-state index in [-0.39, 0.29) is 5.91 Å². The smallest absolute Gasteiger partial charge is 0.224 e. The average molecular weight is 317 g/mol. The first kappa shape index (κ1) is 16.4. The summed E-state index contributed by atoms with van der Waals surface area (Å²) in [4.78, 5) is 13.9. The van der Waals surface area contributed by atoms with Gasteiger partial charge in [0.25, 0.3) is 0 Å². The number of nitrogens with one attached hydrogen (secondary N) is 1. The van der Waals surface area contributed by atoms with Crippen LogP contribution in [0.5, 0.6) is 0 Å². The number of carbonyl (C=O) groups is 1. The fraction of sp³-hybridized carbons (Fsp3) is 0.278. The highest BCUT2D eigenvalue weighted by Gasteiger charge is 2.09. The monoisotopic (exact) mass is 316 g/mol. The van der Waals surface area contributed by atoms with Gasteiger partial charge < -0.3 is 10.2 Å². The molecule has 2 aromatic carbocycles. The van der Waals surface area contributed by atoms with Crippen LogP contribution in [0, 0.1) is 6.92 Å². The number of nitrogens with zero attached hydrogens (tertiary/aromatic N) is 1. The van der Waals surface area contributed by atoms with E-state index < -0.39 is 0 Å². The Balaban J connectivity index is 1.80. The van der Waals surface area contributed by atoms with Crippen molar-refractivity contribution in [3.8, 4) is 0 Å². The van der Waals surface area contributed by atoms with Crippen LogP contribution in [-0.4, -0.2) is 24.4 Å². The summed E-state index contributed by atoms with van der Waals surface area (Å²) >= 11 is 5.93. The Bertz CT molecular complexity index is 628. The van der Waals surface area contributed by atoms with E-state index in [0.29, 0.717) is 19.5 Å². The molecule has 0 aliphatic rings. The largest absolute Gasteiger partial charge is 0.384 e. The van der Waals surface area contributed by atoms with Gasteiger partial charge in [-0.05, 0) is 36.2 Å². The van der Waals surface area contributed by atoms with Gasteiger partial charge in [-0.25, -0.2) is 0 Å². The van der Waals surface area contributed by atoms with Gasteiger partial charge in [0.15, 0.2) is 0 Å². The molecule has 0 heterocycles. The van der Waals surface area contributed by atoms with Crippen LogP contribution in [0.1, 0.15) is 17.5 Å². The molecular weight excluding hydrogens is 296 g/mol. The molecule has 2 aromatic rings. The van der Waals surface area contributed by atoms with Crippen LogP contribution in [-0.2, 0) is 11.3 Å². The number of halogens is 1. The van der Waals surface area contributed by atoms with Crippen LogP contribution in [0.4, 0.5) is 5.69 Å². The number of hydrogen-bond acceptors (Lipinski definition) is 2. The van der Waals surface area contributed by atoms with E-state index in [9.17, 15) is 4.79 Å². The molecule has 0 aromatic heterocycles. The number of amides is 1. The first-order chi connectivity index (χ1) is 10.6. The summed E-state index contributed by atoms with van der Waals surface area (Å²) in [5.41, 5.74) is 3.24. The van der Waals surface area contributed by atoms with Crippen molar-refractivity contribution in [2.24, 2.45) is 0 Å². The van der Waals surface area contributed by atoms with Crippen LogP contribution < -0.4 is 5.32 Å². The maximum atomic E-state index is 12.1. The Labute approximate surface area is 136 Å². The van der Waals surface area contributed by atoms with Crippen molar-refractivity contribution in [2.45, 2.75) is 19.9 Å². The number of rotatable bonds is 6. The van der Waals surface area contributed by atoms with Gasteiger partial charge in [0.05, 0.1) is 0 Å². The highest BCUT2D eigenvalue weighted by Crippen LogP contribution is 2.19. The molecule has 3 nitrogen and oxygen atoms in total. The van der Waals surface area contributed by atoms with Crippen molar-refractivity contribution in [2.75, 3.05) is 18.9 Å². The lowest BCUT2D eigenvalue weighted by molar-refractivity contribution is -0.130. The predicted octanol–water partition coefficient (Wildman–Crippen LogP) is 4.11. The summed E-state index contributed by atoms with van der Waals surface area (Å²) in [5, 5.41) is 4.01. The zero-order valence-corrected chi connectivity index (χ0v) is 13.7. The molecule has 0 saturated carbocycles. The Hall–Kier alpha value is -2.00. The van der Waals surface area contributed by atoms with Crippen LogP contribution >= 0.6 is 11.6 Å². The minimum atomic E-state index is 0.128. The maximum Gasteiger partial charge on any atom is 0.224 e. The molecule has 0 aliphatic heterocycles. The molecule has 0 fully saturated rings. The van der Waals surface area contributed by atoms with E-state index in [4.69, 9.17) is 11.6 Å². The zero-order chi connectivity index (χ0) is 15.9. The van der Waals surface area contributed by atoms with Gasteiger partial charge >= 0.3 is 0 Å². The highest BCUT2D eigenvalue weighted by atomic mass is 35.5. The molecule has 22 heavy (non-hydrogen) atoms. The molecular formula is C18H21ClN2O. The third kappa shape index (κ3) is 4.78. The fourth-order valence-corrected chi connectivity index (χ4v) is 2.49. The topological polar surface area (TPSA) is 32.3 Å². The molecule has 0 aliphatic carbocycles. The van der Waals surface area contributed by atoms with Gasteiger partial charge in [-0.2, -0.15) is 0 Å². The number of benzene rings is 2. The number of hydrogen-bond donors (Lipinski definition) is 1. The van der Waals surface area contributed by atoms with E-state index >= 15 is 0 Å². The Morgan fingerprint density at radius 2 is 1.91 bits per heavy atom. The third-order valence-corrected chi connectivity index (χ3v) is 3.77. The van der Waals surface area contributed by atoms with Crippen LogP contribution in [0.15, 0.2) is 48.5 Å². The number of aryl methyl sites for hydroxylation is 1. The molecule has 0 spiro atoms. The summed E-state index contributed by atoms with van der Waals surface area (Å²) in [6, 6.07) is 15.7. The molecule has 0 unspecified atom stereocenters. The lowest BCUT2D eigenvalue weighted by Crippen LogP contribution is -2.27. The lowest BCUT2D eigenvalue weighted by Gasteiger charge is -2.18. The molecule has 116 valence electrons. The SMILES string of the molecule is Cc1cc(Cl)ccc1NCCC(=O)N(C)Cc1ccccc1. The molecule has 0 bridgehead atoms. The molecule has 0 radical (unpaired) electrons. The van der Waals surface area contributed by atoms with Crippen molar-refractivity contribution in [3.63, 3.8) is 0 Å². The van der Waals surface area contributed by atoms with Gasteiger partial charge in [-0.1, -0.05) is 41.9 Å². The van der Waals surface area contributed by atoms with E-state index in [2.05, 4.69) is 5.32 Å². The standard InChI is InChI=1S/C18H21ClN2O/c1-14-12-16(19)8-9-17(14)20-11-10-18(22)21(2)13-15-6-4-3-5-7-15/h3-9,12,20H,10-11,13H2,1-2H3. The first-order valence-electron chi connectivity index (χ1n) is 7.34. The van der Waals surface area contributed by atoms with Gasteiger partial charge in [0.1, 0.15) is 0 Å². The van der Waals surface area contributed by atoms with Gasteiger partial charge in [0, 0.05) is 37.3 Å². The Morgan fingerprint density at radius 1 is 1.18 bits per heavy atom. The van der Waals surface area contributed by atoms with E-state index in [1.165, 1.54) is 0 Å². The third-order valence-electron chi connectivity index (χ3n) is 3.53. The summed E-state index contributed by atoms with van der Waals surface area (Å²) in [6.45, 7) is 3.25. The minimum Gasteiger partial charge on any atom is -0.384 e. The normalized spacial score (nSPS) is 10.3. The second-order valence-corrected chi connectivity index (χ2v) is 5.81. The van der Waals surface area contributed by atoms with Crippen molar-refractivity contribution in [1.82, 2.24) is 4.90 Å². The van der Waals surface area contributed by atoms with Gasteiger partial charge in [-0.3, -0.25) is 4.79 Å². The second-order valence-electron chi connectivity index (χ2n) is 5.37. The fourth-order valence-electron chi connectivity index (χ4n) is 2.27. The van der Waals surface area contributed by atoms with Crippen molar-refractivity contribution >= 4 is 23.2 Å².